The molecule has 2 aromatic rings. The molecular weight excluding hydrogens is 300 g/mol. The lowest BCUT2D eigenvalue weighted by Crippen LogP contribution is -2.35. The van der Waals surface area contributed by atoms with Crippen molar-refractivity contribution >= 4 is 11.8 Å². The zero-order chi connectivity index (χ0) is 16.3. The van der Waals surface area contributed by atoms with Crippen molar-refractivity contribution in [2.45, 2.75) is 24.8 Å². The van der Waals surface area contributed by atoms with Crippen LogP contribution in [0.15, 0.2) is 60.7 Å². The van der Waals surface area contributed by atoms with E-state index in [1.54, 1.807) is 0 Å². The van der Waals surface area contributed by atoms with Gasteiger partial charge in [0.2, 0.25) is 0 Å². The molecular formula is C20H28N2S. The van der Waals surface area contributed by atoms with Gasteiger partial charge in [-0.25, -0.2) is 0 Å². The first-order chi connectivity index (χ1) is 11.3. The topological polar surface area (TPSA) is 38.0 Å². The standard InChI is InChI=1S/C20H28N2S/c1-23-15-13-19(21)16-22-14-12-20(17-8-4-2-5-9-17)18-10-6-3-7-11-18/h2-11,19-20,22H,12-16,21H2,1H3. The number of benzene rings is 2. The molecule has 0 fully saturated rings. The van der Waals surface area contributed by atoms with Crippen LogP contribution in [0.3, 0.4) is 0 Å². The van der Waals surface area contributed by atoms with Gasteiger partial charge in [0, 0.05) is 18.5 Å². The summed E-state index contributed by atoms with van der Waals surface area (Å²) >= 11 is 1.86. The van der Waals surface area contributed by atoms with Gasteiger partial charge in [-0.05, 0) is 42.5 Å². The van der Waals surface area contributed by atoms with Crippen LogP contribution in [0.5, 0.6) is 0 Å². The highest BCUT2D eigenvalue weighted by molar-refractivity contribution is 7.98. The van der Waals surface area contributed by atoms with Crippen molar-refractivity contribution in [3.63, 3.8) is 0 Å². The number of nitrogens with one attached hydrogen (secondary N) is 1. The number of thioether (sulfide) groups is 1. The van der Waals surface area contributed by atoms with E-state index in [1.165, 1.54) is 11.1 Å². The van der Waals surface area contributed by atoms with Gasteiger partial charge >= 0.3 is 0 Å². The lowest BCUT2D eigenvalue weighted by molar-refractivity contribution is 0.543. The molecule has 0 radical (unpaired) electrons. The van der Waals surface area contributed by atoms with Gasteiger partial charge in [-0.1, -0.05) is 60.7 Å². The maximum absolute atomic E-state index is 6.12. The molecule has 0 aliphatic carbocycles. The van der Waals surface area contributed by atoms with Crippen LogP contribution >= 0.6 is 11.8 Å². The molecule has 1 atom stereocenters. The molecule has 0 spiro atoms. The maximum atomic E-state index is 6.12. The van der Waals surface area contributed by atoms with Crippen molar-refractivity contribution in [2.24, 2.45) is 5.73 Å². The molecule has 3 N–H and O–H groups in total. The average molecular weight is 329 g/mol. The molecule has 0 aromatic heterocycles. The molecule has 0 saturated heterocycles. The molecule has 0 aliphatic rings. The van der Waals surface area contributed by atoms with Crippen LogP contribution in [-0.4, -0.2) is 31.1 Å². The van der Waals surface area contributed by atoms with E-state index in [0.29, 0.717) is 5.92 Å². The van der Waals surface area contributed by atoms with Gasteiger partial charge < -0.3 is 11.1 Å². The zero-order valence-corrected chi connectivity index (χ0v) is 14.8. The normalized spacial score (nSPS) is 12.5. The number of hydrogen-bond donors (Lipinski definition) is 2. The van der Waals surface area contributed by atoms with Crippen LogP contribution in [0.1, 0.15) is 29.9 Å². The van der Waals surface area contributed by atoms with Crippen LogP contribution < -0.4 is 11.1 Å². The van der Waals surface area contributed by atoms with Gasteiger partial charge in [-0.2, -0.15) is 11.8 Å². The molecule has 0 saturated carbocycles. The first kappa shape index (κ1) is 18.1. The fourth-order valence-corrected chi connectivity index (χ4v) is 3.34. The highest BCUT2D eigenvalue weighted by Crippen LogP contribution is 2.27. The Hall–Kier alpha value is -1.29. The van der Waals surface area contributed by atoms with Crippen LogP contribution in [0.25, 0.3) is 0 Å². The number of hydrogen-bond acceptors (Lipinski definition) is 3. The summed E-state index contributed by atoms with van der Waals surface area (Å²) < 4.78 is 0. The summed E-state index contributed by atoms with van der Waals surface area (Å²) in [6.45, 7) is 1.89. The zero-order valence-electron chi connectivity index (χ0n) is 13.9. The van der Waals surface area contributed by atoms with Gasteiger partial charge in [-0.3, -0.25) is 0 Å². The van der Waals surface area contributed by atoms with Gasteiger partial charge in [0.1, 0.15) is 0 Å². The summed E-state index contributed by atoms with van der Waals surface area (Å²) in [5.41, 5.74) is 8.89. The molecule has 2 rings (SSSR count). The number of rotatable bonds is 10. The Bertz CT molecular complexity index is 490. The third-order valence-electron chi connectivity index (χ3n) is 4.11. The lowest BCUT2D eigenvalue weighted by Gasteiger charge is -2.19. The summed E-state index contributed by atoms with van der Waals surface area (Å²) in [5.74, 6) is 1.58. The Morgan fingerprint density at radius 1 is 0.913 bits per heavy atom. The smallest absolute Gasteiger partial charge is 0.0173 e. The Labute approximate surface area is 144 Å². The molecule has 1 unspecified atom stereocenters. The van der Waals surface area contributed by atoms with Crippen molar-refractivity contribution in [3.8, 4) is 0 Å². The van der Waals surface area contributed by atoms with Crippen LogP contribution in [-0.2, 0) is 0 Å². The predicted octanol–water partition coefficient (Wildman–Crippen LogP) is 3.88. The minimum atomic E-state index is 0.259. The Morgan fingerprint density at radius 2 is 1.48 bits per heavy atom. The highest BCUT2D eigenvalue weighted by Gasteiger charge is 2.13. The molecule has 0 bridgehead atoms. The summed E-state index contributed by atoms with van der Waals surface area (Å²) in [7, 11) is 0. The van der Waals surface area contributed by atoms with Gasteiger partial charge in [-0.15, -0.1) is 0 Å². The largest absolute Gasteiger partial charge is 0.327 e. The van der Waals surface area contributed by atoms with E-state index in [2.05, 4.69) is 72.2 Å². The van der Waals surface area contributed by atoms with Crippen molar-refractivity contribution in [2.75, 3.05) is 25.1 Å². The minimum absolute atomic E-state index is 0.259. The molecule has 2 aromatic carbocycles. The van der Waals surface area contributed by atoms with E-state index in [-0.39, 0.29) is 6.04 Å². The Kier molecular flexibility index (Phi) is 8.23. The second kappa shape index (κ2) is 10.5. The fraction of sp³-hybridized carbons (Fsp3) is 0.400. The molecule has 0 heterocycles. The third-order valence-corrected chi connectivity index (χ3v) is 4.76. The van der Waals surface area contributed by atoms with Crippen LogP contribution in [0, 0.1) is 0 Å². The Balaban J connectivity index is 1.89. The Morgan fingerprint density at radius 3 is 2.00 bits per heavy atom. The molecule has 2 nitrogen and oxygen atoms in total. The van der Waals surface area contributed by atoms with Crippen molar-refractivity contribution in [1.29, 1.82) is 0 Å². The predicted molar refractivity (Wildman–Crippen MR) is 103 cm³/mol. The highest BCUT2D eigenvalue weighted by atomic mass is 32.2. The van der Waals surface area contributed by atoms with E-state index in [4.69, 9.17) is 5.73 Å². The molecule has 124 valence electrons. The van der Waals surface area contributed by atoms with Gasteiger partial charge in [0.15, 0.2) is 0 Å². The van der Waals surface area contributed by atoms with Crippen LogP contribution in [0.2, 0.25) is 0 Å². The van der Waals surface area contributed by atoms with Crippen molar-refractivity contribution in [3.05, 3.63) is 71.8 Å². The van der Waals surface area contributed by atoms with Crippen molar-refractivity contribution in [1.82, 2.24) is 5.32 Å². The number of nitrogens with two attached hydrogens (primary N) is 1. The molecule has 23 heavy (non-hydrogen) atoms. The van der Waals surface area contributed by atoms with E-state index in [0.717, 1.165) is 31.7 Å². The van der Waals surface area contributed by atoms with Crippen molar-refractivity contribution < 1.29 is 0 Å². The minimum Gasteiger partial charge on any atom is -0.327 e. The monoisotopic (exact) mass is 328 g/mol. The maximum Gasteiger partial charge on any atom is 0.0173 e. The second-order valence-electron chi connectivity index (χ2n) is 5.91. The lowest BCUT2D eigenvalue weighted by atomic mass is 9.88. The molecule has 3 heteroatoms. The summed E-state index contributed by atoms with van der Waals surface area (Å²) in [6, 6.07) is 21.8. The first-order valence-electron chi connectivity index (χ1n) is 8.36. The first-order valence-corrected chi connectivity index (χ1v) is 9.75. The van der Waals surface area contributed by atoms with E-state index < -0.39 is 0 Å². The summed E-state index contributed by atoms with van der Waals surface area (Å²) in [5, 5.41) is 3.53. The van der Waals surface area contributed by atoms with Gasteiger partial charge in [0.25, 0.3) is 0 Å². The quantitative estimate of drug-likeness (QED) is 0.650. The van der Waals surface area contributed by atoms with Crippen LogP contribution in [0.4, 0.5) is 0 Å². The molecule has 0 aliphatic heterocycles. The fourth-order valence-electron chi connectivity index (χ4n) is 2.80. The summed E-state index contributed by atoms with van der Waals surface area (Å²) in [4.78, 5) is 0. The SMILES string of the molecule is CSCCC(N)CNCCC(c1ccccc1)c1ccccc1. The van der Waals surface area contributed by atoms with E-state index >= 15 is 0 Å². The third kappa shape index (κ3) is 6.38. The summed E-state index contributed by atoms with van der Waals surface area (Å²) in [6.07, 6.45) is 4.29. The molecule has 0 amide bonds. The van der Waals surface area contributed by atoms with E-state index in [1.807, 2.05) is 11.8 Å². The average Bonchev–Trinajstić information content (AvgIpc) is 2.61. The van der Waals surface area contributed by atoms with Gasteiger partial charge in [0.05, 0.1) is 0 Å². The van der Waals surface area contributed by atoms with E-state index in [9.17, 15) is 0 Å². The second-order valence-corrected chi connectivity index (χ2v) is 6.89.